The lowest BCUT2D eigenvalue weighted by Crippen LogP contribution is -2.15. The Bertz CT molecular complexity index is 459. The van der Waals surface area contributed by atoms with Gasteiger partial charge in [0.2, 0.25) is 0 Å². The van der Waals surface area contributed by atoms with Crippen LogP contribution in [0, 0.1) is 0 Å². The molecule has 0 radical (unpaired) electrons. The molecule has 0 aliphatic carbocycles. The van der Waals surface area contributed by atoms with E-state index in [1.54, 1.807) is 7.11 Å². The van der Waals surface area contributed by atoms with Gasteiger partial charge in [-0.2, -0.15) is 0 Å². The van der Waals surface area contributed by atoms with Crippen molar-refractivity contribution in [1.29, 1.82) is 0 Å². The highest BCUT2D eigenvalue weighted by atomic mass is 16.5. The summed E-state index contributed by atoms with van der Waals surface area (Å²) < 4.78 is 10.7. The van der Waals surface area contributed by atoms with Crippen molar-refractivity contribution >= 4 is 5.97 Å². The molecule has 0 fully saturated rings. The summed E-state index contributed by atoms with van der Waals surface area (Å²) in [6.07, 6.45) is 0.441. The summed E-state index contributed by atoms with van der Waals surface area (Å²) in [6, 6.07) is 3.49. The highest BCUT2D eigenvalue weighted by molar-refractivity contribution is 5.66. The van der Waals surface area contributed by atoms with Crippen molar-refractivity contribution in [2.75, 3.05) is 7.11 Å². The third-order valence-electron chi connectivity index (χ3n) is 3.18. The van der Waals surface area contributed by atoms with Gasteiger partial charge in [0.15, 0.2) is 0 Å². The van der Waals surface area contributed by atoms with Crippen molar-refractivity contribution in [1.82, 2.24) is 0 Å². The maximum Gasteiger partial charge on any atom is 0.303 e. The Hall–Kier alpha value is -1.59. The van der Waals surface area contributed by atoms with Crippen LogP contribution < -0.4 is 10.5 Å². The summed E-state index contributed by atoms with van der Waals surface area (Å²) in [5.41, 5.74) is 9.13. The number of carboxylic acids is 1. The second-order valence-electron chi connectivity index (χ2n) is 4.35. The molecular weight excluding hydrogens is 234 g/mol. The minimum absolute atomic E-state index is 0.0504. The third-order valence-corrected chi connectivity index (χ3v) is 3.18. The molecule has 98 valence electrons. The Morgan fingerprint density at radius 1 is 1.56 bits per heavy atom. The first kappa shape index (κ1) is 12.9. The molecule has 0 saturated carbocycles. The normalized spacial score (nSPS) is 15.2. The molecule has 5 heteroatoms. The predicted molar refractivity (Wildman–Crippen MR) is 65.3 cm³/mol. The molecular formula is C13H17NO4. The van der Waals surface area contributed by atoms with Gasteiger partial charge in [-0.15, -0.1) is 0 Å². The predicted octanol–water partition coefficient (Wildman–Crippen LogP) is 1.59. The molecule has 2 rings (SSSR count). The van der Waals surface area contributed by atoms with E-state index < -0.39 is 5.97 Å². The largest absolute Gasteiger partial charge is 0.496 e. The topological polar surface area (TPSA) is 81.8 Å². The number of hydrogen-bond acceptors (Lipinski definition) is 4. The van der Waals surface area contributed by atoms with Crippen LogP contribution in [0.1, 0.15) is 35.6 Å². The first-order valence-electron chi connectivity index (χ1n) is 5.87. The van der Waals surface area contributed by atoms with Crippen LogP contribution in [0.25, 0.3) is 0 Å². The van der Waals surface area contributed by atoms with E-state index in [1.807, 2.05) is 12.1 Å². The molecule has 0 spiro atoms. The number of carboxylic acid groups (broad SMARTS) is 1. The smallest absolute Gasteiger partial charge is 0.303 e. The second kappa shape index (κ2) is 5.37. The first-order valence-corrected chi connectivity index (χ1v) is 5.87. The van der Waals surface area contributed by atoms with Crippen LogP contribution in [-0.2, 0) is 22.7 Å². The maximum absolute atomic E-state index is 10.6. The van der Waals surface area contributed by atoms with Gasteiger partial charge in [0, 0.05) is 18.0 Å². The van der Waals surface area contributed by atoms with E-state index in [0.717, 1.165) is 16.7 Å². The van der Waals surface area contributed by atoms with Crippen LogP contribution in [0.15, 0.2) is 12.1 Å². The molecule has 3 N–H and O–H groups in total. The molecule has 0 amide bonds. The zero-order chi connectivity index (χ0) is 13.1. The Kier molecular flexibility index (Phi) is 3.84. The Labute approximate surface area is 106 Å². The molecule has 0 bridgehead atoms. The monoisotopic (exact) mass is 251 g/mol. The molecule has 1 unspecified atom stereocenters. The van der Waals surface area contributed by atoms with Gasteiger partial charge in [0.1, 0.15) is 5.75 Å². The number of rotatable bonds is 5. The molecule has 0 aromatic heterocycles. The molecule has 1 aromatic carbocycles. The Morgan fingerprint density at radius 2 is 2.33 bits per heavy atom. The second-order valence-corrected chi connectivity index (χ2v) is 4.35. The number of methoxy groups -OCH3 is 1. The van der Waals surface area contributed by atoms with Crippen molar-refractivity contribution in [3.63, 3.8) is 0 Å². The zero-order valence-electron chi connectivity index (χ0n) is 10.3. The Balaban J connectivity index is 2.29. The van der Waals surface area contributed by atoms with Crippen LogP contribution >= 0.6 is 0 Å². The van der Waals surface area contributed by atoms with E-state index in [9.17, 15) is 4.79 Å². The SMILES string of the molecule is COc1ccc2c(c1C(N)CCC(=O)O)COC2. The standard InChI is InChI=1S/C13H17NO4/c1-17-11-4-2-8-6-18-7-9(8)13(11)10(14)3-5-12(15)16/h2,4,10H,3,5-7,14H2,1H3,(H,15,16). The first-order chi connectivity index (χ1) is 8.63. The quantitative estimate of drug-likeness (QED) is 0.830. The van der Waals surface area contributed by atoms with Gasteiger partial charge in [-0.25, -0.2) is 0 Å². The van der Waals surface area contributed by atoms with Crippen LogP contribution in [0.3, 0.4) is 0 Å². The maximum atomic E-state index is 10.6. The van der Waals surface area contributed by atoms with Crippen LogP contribution in [0.2, 0.25) is 0 Å². The fraction of sp³-hybridized carbons (Fsp3) is 0.462. The van der Waals surface area contributed by atoms with E-state index in [4.69, 9.17) is 20.3 Å². The number of fused-ring (bicyclic) bond motifs is 1. The van der Waals surface area contributed by atoms with Gasteiger partial charge in [0.25, 0.3) is 0 Å². The van der Waals surface area contributed by atoms with Gasteiger partial charge in [0.05, 0.1) is 20.3 Å². The number of carbonyl (C=O) groups is 1. The van der Waals surface area contributed by atoms with Crippen molar-refractivity contribution in [2.45, 2.75) is 32.1 Å². The van der Waals surface area contributed by atoms with Crippen molar-refractivity contribution in [3.8, 4) is 5.75 Å². The van der Waals surface area contributed by atoms with Gasteiger partial charge in [-0.05, 0) is 23.6 Å². The molecule has 1 aliphatic rings. The number of benzene rings is 1. The highest BCUT2D eigenvalue weighted by Gasteiger charge is 2.23. The lowest BCUT2D eigenvalue weighted by molar-refractivity contribution is -0.137. The summed E-state index contributed by atoms with van der Waals surface area (Å²) in [4.78, 5) is 10.6. The molecule has 5 nitrogen and oxygen atoms in total. The van der Waals surface area contributed by atoms with E-state index in [-0.39, 0.29) is 12.5 Å². The fourth-order valence-corrected chi connectivity index (χ4v) is 2.26. The highest BCUT2D eigenvalue weighted by Crippen LogP contribution is 2.35. The fourth-order valence-electron chi connectivity index (χ4n) is 2.26. The zero-order valence-corrected chi connectivity index (χ0v) is 10.3. The van der Waals surface area contributed by atoms with Crippen molar-refractivity contribution in [3.05, 3.63) is 28.8 Å². The van der Waals surface area contributed by atoms with Gasteiger partial charge in [-0.3, -0.25) is 4.79 Å². The number of hydrogen-bond donors (Lipinski definition) is 2. The van der Waals surface area contributed by atoms with Crippen molar-refractivity contribution in [2.24, 2.45) is 5.73 Å². The molecule has 1 aromatic rings. The summed E-state index contributed by atoms with van der Waals surface area (Å²) in [7, 11) is 1.59. The van der Waals surface area contributed by atoms with Crippen molar-refractivity contribution < 1.29 is 19.4 Å². The third kappa shape index (κ3) is 2.47. The van der Waals surface area contributed by atoms with Gasteiger partial charge >= 0.3 is 5.97 Å². The number of nitrogens with two attached hydrogens (primary N) is 1. The summed E-state index contributed by atoms with van der Waals surface area (Å²) >= 11 is 0. The minimum Gasteiger partial charge on any atom is -0.496 e. The number of aliphatic carboxylic acids is 1. The van der Waals surface area contributed by atoms with E-state index >= 15 is 0 Å². The molecule has 1 heterocycles. The summed E-state index contributed by atoms with van der Waals surface area (Å²) in [5.74, 6) is -0.134. The molecule has 1 atom stereocenters. The average Bonchev–Trinajstić information content (AvgIpc) is 2.82. The van der Waals surface area contributed by atoms with E-state index in [0.29, 0.717) is 25.4 Å². The van der Waals surface area contributed by atoms with Gasteiger partial charge in [-0.1, -0.05) is 6.07 Å². The van der Waals surface area contributed by atoms with Crippen LogP contribution in [0.5, 0.6) is 5.75 Å². The molecule has 1 aliphatic heterocycles. The van der Waals surface area contributed by atoms with Crippen LogP contribution in [0.4, 0.5) is 0 Å². The Morgan fingerprint density at radius 3 is 3.00 bits per heavy atom. The minimum atomic E-state index is -0.840. The molecule has 18 heavy (non-hydrogen) atoms. The lowest BCUT2D eigenvalue weighted by Gasteiger charge is -2.18. The van der Waals surface area contributed by atoms with E-state index in [1.165, 1.54) is 0 Å². The molecule has 0 saturated heterocycles. The summed E-state index contributed by atoms with van der Waals surface area (Å²) in [5, 5.41) is 8.72. The van der Waals surface area contributed by atoms with Gasteiger partial charge < -0.3 is 20.3 Å². The lowest BCUT2D eigenvalue weighted by atomic mass is 9.94. The average molecular weight is 251 g/mol. The van der Waals surface area contributed by atoms with E-state index in [2.05, 4.69) is 0 Å². The van der Waals surface area contributed by atoms with Crippen LogP contribution in [-0.4, -0.2) is 18.2 Å². The summed E-state index contributed by atoms with van der Waals surface area (Å²) in [6.45, 7) is 1.10. The number of ether oxygens (including phenoxy) is 2.